The summed E-state index contributed by atoms with van der Waals surface area (Å²) in [5.41, 5.74) is 0. The SMILES string of the molecule is Br.Br.Br.Br.CCC[CH2][Sn][CH2]CCC.[CH3][Sn][CH3]. The Morgan fingerprint density at radius 3 is 1.12 bits per heavy atom. The first-order valence-electron chi connectivity index (χ1n) is 5.12. The summed E-state index contributed by atoms with van der Waals surface area (Å²) in [5, 5.41) is 0. The zero-order valence-electron chi connectivity index (χ0n) is 10.9. The third-order valence-corrected chi connectivity index (χ3v) is 5.45. The van der Waals surface area contributed by atoms with Gasteiger partial charge in [-0.15, -0.1) is 67.9 Å². The van der Waals surface area contributed by atoms with Crippen LogP contribution in [0.25, 0.3) is 0 Å². The van der Waals surface area contributed by atoms with Gasteiger partial charge in [0.15, 0.2) is 0 Å². The third-order valence-electron chi connectivity index (χ3n) is 1.41. The van der Waals surface area contributed by atoms with Crippen molar-refractivity contribution in [3.63, 3.8) is 0 Å². The number of hydrogen-bond donors (Lipinski definition) is 0. The summed E-state index contributed by atoms with van der Waals surface area (Å²) in [7, 11) is 0. The molecule has 0 fully saturated rings. The van der Waals surface area contributed by atoms with Crippen molar-refractivity contribution in [2.45, 2.75) is 58.3 Å². The van der Waals surface area contributed by atoms with Crippen molar-refractivity contribution in [2.75, 3.05) is 0 Å². The van der Waals surface area contributed by atoms with Gasteiger partial charge in [0.25, 0.3) is 0 Å². The molecular weight excluding hydrogens is 677 g/mol. The minimum atomic E-state index is 0. The molecule has 0 unspecified atom stereocenters. The zero-order valence-corrected chi connectivity index (χ0v) is 23.4. The zero-order chi connectivity index (χ0) is 9.66. The molecule has 6 heteroatoms. The van der Waals surface area contributed by atoms with Gasteiger partial charge in [-0.25, -0.2) is 0 Å². The van der Waals surface area contributed by atoms with Crippen LogP contribution in [0.15, 0.2) is 0 Å². The van der Waals surface area contributed by atoms with Crippen LogP contribution in [-0.4, -0.2) is 42.3 Å². The molecule has 0 saturated heterocycles. The number of unbranched alkanes of at least 4 members (excludes halogenated alkanes) is 2. The molecule has 4 radical (unpaired) electrons. The topological polar surface area (TPSA) is 0 Å². The van der Waals surface area contributed by atoms with E-state index in [0.29, 0.717) is 0 Å². The molecule has 0 aromatic heterocycles. The molecule has 16 heavy (non-hydrogen) atoms. The van der Waals surface area contributed by atoms with Gasteiger partial charge in [-0.05, 0) is 0 Å². The van der Waals surface area contributed by atoms with Gasteiger partial charge >= 0.3 is 101 Å². The van der Waals surface area contributed by atoms with E-state index < -0.39 is 0 Å². The fraction of sp³-hybridized carbons (Fsp3) is 1.00. The van der Waals surface area contributed by atoms with Crippen LogP contribution >= 0.6 is 67.9 Å². The van der Waals surface area contributed by atoms with Crippen molar-refractivity contribution in [3.05, 3.63) is 0 Å². The van der Waals surface area contributed by atoms with Crippen LogP contribution in [0, 0.1) is 0 Å². The first kappa shape index (κ1) is 36.6. The van der Waals surface area contributed by atoms with E-state index in [1.54, 1.807) is 8.87 Å². The average Bonchev–Trinajstić information content (AvgIpc) is 2.06. The van der Waals surface area contributed by atoms with Crippen molar-refractivity contribution in [2.24, 2.45) is 0 Å². The van der Waals surface area contributed by atoms with Gasteiger partial charge in [0.1, 0.15) is 0 Å². The summed E-state index contributed by atoms with van der Waals surface area (Å²) < 4.78 is 3.25. The molecule has 0 spiro atoms. The van der Waals surface area contributed by atoms with Crippen LogP contribution in [-0.2, 0) is 0 Å². The minimum absolute atomic E-state index is 0. The molecule has 0 aliphatic heterocycles. The van der Waals surface area contributed by atoms with Crippen LogP contribution < -0.4 is 0 Å². The molecule has 0 amide bonds. The number of hydrogen-bond acceptors (Lipinski definition) is 0. The van der Waals surface area contributed by atoms with E-state index in [4.69, 9.17) is 0 Å². The Labute approximate surface area is 166 Å². The van der Waals surface area contributed by atoms with Crippen molar-refractivity contribution in [1.82, 2.24) is 0 Å². The number of halogens is 4. The molecule has 0 nitrogen and oxygen atoms in total. The van der Waals surface area contributed by atoms with Crippen LogP contribution in [0.4, 0.5) is 0 Å². The molecule has 0 aromatic rings. The molecule has 0 atom stereocenters. The van der Waals surface area contributed by atoms with Crippen molar-refractivity contribution in [1.29, 1.82) is 0 Å². The summed E-state index contributed by atoms with van der Waals surface area (Å²) in [6, 6.07) is 0. The van der Waals surface area contributed by atoms with Gasteiger partial charge in [-0.1, -0.05) is 0 Å². The van der Waals surface area contributed by atoms with Crippen molar-refractivity contribution >= 4 is 110 Å². The van der Waals surface area contributed by atoms with Crippen LogP contribution in [0.1, 0.15) is 39.5 Å². The van der Waals surface area contributed by atoms with Crippen LogP contribution in [0.2, 0.25) is 18.8 Å². The van der Waals surface area contributed by atoms with E-state index >= 15 is 0 Å². The van der Waals surface area contributed by atoms with Crippen LogP contribution in [0.3, 0.4) is 0 Å². The second-order valence-corrected chi connectivity index (χ2v) is 10.1. The molecule has 0 aliphatic rings. The molecule has 0 bridgehead atoms. The molecule has 0 N–H and O–H groups in total. The maximum absolute atomic E-state index is 2.30. The standard InChI is InChI=1S/2C4H9.2CH3.4BrH.2Sn/c2*1-3-4-2;;;;;;;;/h2*1,3-4H2,2H3;2*1H3;4*1H;;. The quantitative estimate of drug-likeness (QED) is 0.228. The Morgan fingerprint density at radius 2 is 0.938 bits per heavy atom. The Balaban J connectivity index is -0.0000000324. The van der Waals surface area contributed by atoms with Gasteiger partial charge < -0.3 is 0 Å². The molecule has 0 aliphatic carbocycles. The van der Waals surface area contributed by atoms with Gasteiger partial charge in [0.2, 0.25) is 0 Å². The first-order valence-corrected chi connectivity index (χ1v) is 14.9. The molecule has 0 aromatic carbocycles. The first-order chi connectivity index (χ1) is 5.83. The van der Waals surface area contributed by atoms with Gasteiger partial charge in [-0.2, -0.15) is 0 Å². The summed E-state index contributed by atoms with van der Waals surface area (Å²) in [5.74, 6) is 0. The monoisotopic (exact) mass is 704 g/mol. The third kappa shape index (κ3) is 52.8. The van der Waals surface area contributed by atoms with Gasteiger partial charge in [0.05, 0.1) is 0 Å². The summed E-state index contributed by atoms with van der Waals surface area (Å²) in [4.78, 5) is 4.59. The normalized spacial score (nSPS) is 6.75. The van der Waals surface area contributed by atoms with E-state index in [9.17, 15) is 0 Å². The molecule has 0 heterocycles. The van der Waals surface area contributed by atoms with Crippen LogP contribution in [0.5, 0.6) is 0 Å². The van der Waals surface area contributed by atoms with E-state index in [2.05, 4.69) is 23.7 Å². The Kier molecular flexibility index (Phi) is 98.1. The Hall–Kier alpha value is 3.52. The maximum atomic E-state index is 2.30. The molecule has 0 saturated carbocycles. The second kappa shape index (κ2) is 42.8. The second-order valence-electron chi connectivity index (χ2n) is 2.96. The fourth-order valence-electron chi connectivity index (χ4n) is 0.729. The Morgan fingerprint density at radius 1 is 0.688 bits per heavy atom. The molecule has 104 valence electrons. The fourth-order valence-corrected chi connectivity index (χ4v) is 4.89. The van der Waals surface area contributed by atoms with E-state index in [0.717, 1.165) is 0 Å². The predicted molar refractivity (Wildman–Crippen MR) is 104 cm³/mol. The van der Waals surface area contributed by atoms with Gasteiger partial charge in [-0.3, -0.25) is 0 Å². The predicted octanol–water partition coefficient (Wildman–Crippen LogP) is 6.23. The summed E-state index contributed by atoms with van der Waals surface area (Å²) >= 11 is 0.379. The Bertz CT molecular complexity index is 62.8. The van der Waals surface area contributed by atoms with E-state index in [1.807, 2.05) is 0 Å². The summed E-state index contributed by atoms with van der Waals surface area (Å²) in [6.45, 7) is 4.58. The van der Waals surface area contributed by atoms with Crippen molar-refractivity contribution in [3.8, 4) is 0 Å². The number of rotatable bonds is 6. The molecule has 0 rings (SSSR count). The van der Waals surface area contributed by atoms with Crippen molar-refractivity contribution < 1.29 is 0 Å². The van der Waals surface area contributed by atoms with E-state index in [1.165, 1.54) is 25.7 Å². The average molecular weight is 705 g/mol. The van der Waals surface area contributed by atoms with E-state index in [-0.39, 0.29) is 110 Å². The summed E-state index contributed by atoms with van der Waals surface area (Å²) in [6.07, 6.45) is 5.84. The molecular formula is C10H28Br4Sn2. The van der Waals surface area contributed by atoms with Gasteiger partial charge in [0, 0.05) is 0 Å².